The molecule has 0 unspecified atom stereocenters. The summed E-state index contributed by atoms with van der Waals surface area (Å²) < 4.78 is 10.7. The Morgan fingerprint density at radius 3 is 2.51 bits per heavy atom. The third-order valence-electron chi connectivity index (χ3n) is 8.24. The van der Waals surface area contributed by atoms with E-state index in [1.165, 1.54) is 0 Å². The van der Waals surface area contributed by atoms with Crippen molar-refractivity contribution in [3.63, 3.8) is 0 Å². The van der Waals surface area contributed by atoms with Crippen LogP contribution in [0.2, 0.25) is 0 Å². The summed E-state index contributed by atoms with van der Waals surface area (Å²) in [6, 6.07) is 5.58. The number of hydrogen-bond donors (Lipinski definition) is 1. The van der Waals surface area contributed by atoms with Crippen LogP contribution in [0.1, 0.15) is 70.3 Å². The number of nitrogens with one attached hydrogen (secondary N) is 1. The fourth-order valence-electron chi connectivity index (χ4n) is 5.96. The molecule has 2 heterocycles. The first-order valence-electron chi connectivity index (χ1n) is 13.0. The number of aryl methyl sites for hydroxylation is 1. The first-order chi connectivity index (χ1) is 16.9. The van der Waals surface area contributed by atoms with Crippen molar-refractivity contribution in [2.24, 2.45) is 5.92 Å². The molecule has 3 fully saturated rings. The summed E-state index contributed by atoms with van der Waals surface area (Å²) in [5.41, 5.74) is 0.317. The van der Waals surface area contributed by atoms with Gasteiger partial charge in [0.15, 0.2) is 11.5 Å². The highest BCUT2D eigenvalue weighted by atomic mass is 16.5. The molecule has 0 radical (unpaired) electrons. The molecule has 35 heavy (non-hydrogen) atoms. The molecule has 4 amide bonds. The number of piperidine rings is 1. The first kappa shape index (κ1) is 25.3. The number of carbonyl (C=O) groups is 3. The van der Waals surface area contributed by atoms with Gasteiger partial charge in [0, 0.05) is 12.6 Å². The summed E-state index contributed by atoms with van der Waals surface area (Å²) >= 11 is 0. The lowest BCUT2D eigenvalue weighted by molar-refractivity contribution is -0.141. The average molecular weight is 486 g/mol. The maximum absolute atomic E-state index is 13.3. The van der Waals surface area contributed by atoms with E-state index in [1.807, 2.05) is 23.1 Å². The smallest absolute Gasteiger partial charge is 0.325 e. The third kappa shape index (κ3) is 5.26. The van der Waals surface area contributed by atoms with Crippen molar-refractivity contribution in [3.8, 4) is 11.5 Å². The predicted molar refractivity (Wildman–Crippen MR) is 132 cm³/mol. The van der Waals surface area contributed by atoms with E-state index in [-0.39, 0.29) is 24.4 Å². The van der Waals surface area contributed by atoms with Gasteiger partial charge >= 0.3 is 6.03 Å². The summed E-state index contributed by atoms with van der Waals surface area (Å²) in [6.07, 6.45) is 8.89. The van der Waals surface area contributed by atoms with Crippen LogP contribution in [-0.2, 0) is 16.0 Å². The Bertz CT molecular complexity index is 941. The highest BCUT2D eigenvalue weighted by Gasteiger charge is 2.52. The zero-order valence-corrected chi connectivity index (χ0v) is 21.3. The molecular weight excluding hydrogens is 446 g/mol. The topological polar surface area (TPSA) is 88.2 Å². The van der Waals surface area contributed by atoms with Crippen LogP contribution < -0.4 is 14.8 Å². The number of hydrogen-bond acceptors (Lipinski definition) is 5. The van der Waals surface area contributed by atoms with Crippen LogP contribution in [0.3, 0.4) is 0 Å². The number of likely N-dealkylation sites (tertiary alicyclic amines) is 1. The summed E-state index contributed by atoms with van der Waals surface area (Å²) in [6.45, 7) is 2.67. The summed E-state index contributed by atoms with van der Waals surface area (Å²) in [7, 11) is 3.24. The molecule has 8 nitrogen and oxygen atoms in total. The van der Waals surface area contributed by atoms with Crippen molar-refractivity contribution < 1.29 is 23.9 Å². The van der Waals surface area contributed by atoms with Crippen molar-refractivity contribution in [1.82, 2.24) is 15.1 Å². The second-order valence-electron chi connectivity index (χ2n) is 10.2. The molecule has 1 spiro atoms. The van der Waals surface area contributed by atoms with Crippen LogP contribution in [0, 0.1) is 5.92 Å². The number of carbonyl (C=O) groups excluding carboxylic acids is 3. The van der Waals surface area contributed by atoms with Gasteiger partial charge in [-0.15, -0.1) is 0 Å². The van der Waals surface area contributed by atoms with E-state index in [2.05, 4.69) is 12.2 Å². The molecule has 2 saturated heterocycles. The van der Waals surface area contributed by atoms with Gasteiger partial charge in [-0.3, -0.25) is 14.5 Å². The fraction of sp³-hybridized carbons (Fsp3) is 0.667. The van der Waals surface area contributed by atoms with E-state index in [4.69, 9.17) is 9.47 Å². The van der Waals surface area contributed by atoms with Gasteiger partial charge < -0.3 is 19.7 Å². The van der Waals surface area contributed by atoms with Crippen LogP contribution in [0.4, 0.5) is 4.79 Å². The number of urea groups is 1. The molecule has 1 N–H and O–H groups in total. The fourth-order valence-corrected chi connectivity index (χ4v) is 5.96. The number of methoxy groups -OCH3 is 2. The third-order valence-corrected chi connectivity index (χ3v) is 8.24. The van der Waals surface area contributed by atoms with Crippen LogP contribution in [0.5, 0.6) is 11.5 Å². The lowest BCUT2D eigenvalue weighted by Crippen LogP contribution is -2.51. The molecule has 4 rings (SSSR count). The van der Waals surface area contributed by atoms with Crippen LogP contribution in [0.15, 0.2) is 18.2 Å². The Morgan fingerprint density at radius 1 is 1.09 bits per heavy atom. The van der Waals surface area contributed by atoms with Gasteiger partial charge in [0.25, 0.3) is 5.91 Å². The molecule has 1 saturated carbocycles. The van der Waals surface area contributed by atoms with Crippen molar-refractivity contribution in [2.75, 3.05) is 27.3 Å². The molecule has 2 aliphatic heterocycles. The van der Waals surface area contributed by atoms with E-state index in [9.17, 15) is 14.4 Å². The first-order valence-corrected chi connectivity index (χ1v) is 13.0. The maximum atomic E-state index is 13.3. The van der Waals surface area contributed by atoms with Gasteiger partial charge in [0.1, 0.15) is 12.1 Å². The van der Waals surface area contributed by atoms with E-state index >= 15 is 0 Å². The van der Waals surface area contributed by atoms with Gasteiger partial charge in [-0.25, -0.2) is 4.79 Å². The monoisotopic (exact) mass is 485 g/mol. The second-order valence-corrected chi connectivity index (χ2v) is 10.2. The highest BCUT2D eigenvalue weighted by molar-refractivity contribution is 6.09. The van der Waals surface area contributed by atoms with Gasteiger partial charge in [0.05, 0.1) is 14.2 Å². The lowest BCUT2D eigenvalue weighted by atomic mass is 9.75. The van der Waals surface area contributed by atoms with Gasteiger partial charge in [0.2, 0.25) is 5.91 Å². The Hall–Kier alpha value is -2.77. The zero-order chi connectivity index (χ0) is 25.0. The SMILES string of the molecule is CCC1CCC2(CC1)NC(=O)N(CC(=O)N1CCCC[C@@H]1CCc1ccc(OC)c(OC)c1)C2=O. The molecular formula is C27H39N3O5. The quantitative estimate of drug-likeness (QED) is 0.564. The number of imide groups is 1. The van der Waals surface area contributed by atoms with E-state index in [0.717, 1.165) is 61.8 Å². The van der Waals surface area contributed by atoms with Crippen molar-refractivity contribution in [1.29, 1.82) is 0 Å². The molecule has 0 bridgehead atoms. The Labute approximate surface area is 208 Å². The summed E-state index contributed by atoms with van der Waals surface area (Å²) in [4.78, 5) is 42.4. The molecule has 0 aromatic heterocycles. The average Bonchev–Trinajstić information content (AvgIpc) is 3.11. The van der Waals surface area contributed by atoms with Gasteiger partial charge in [-0.1, -0.05) is 19.4 Å². The van der Waals surface area contributed by atoms with Crippen molar-refractivity contribution in [2.45, 2.75) is 82.7 Å². The normalized spacial score (nSPS) is 26.7. The van der Waals surface area contributed by atoms with Gasteiger partial charge in [-0.2, -0.15) is 0 Å². The van der Waals surface area contributed by atoms with E-state index < -0.39 is 11.6 Å². The predicted octanol–water partition coefficient (Wildman–Crippen LogP) is 3.91. The standard InChI is InChI=1S/C27H39N3O5/c1-4-19-12-14-27(15-13-19)25(32)30(26(33)28-27)18-24(31)29-16-6-5-7-21(29)10-8-20-9-11-22(34-2)23(17-20)35-3/h9,11,17,19,21H,4-8,10,12-16,18H2,1-3H3,(H,28,33)/t19?,21-,27?/m1/s1. The molecule has 192 valence electrons. The number of ether oxygens (including phenoxy) is 2. The van der Waals surface area contributed by atoms with Crippen molar-refractivity contribution >= 4 is 17.8 Å². The minimum Gasteiger partial charge on any atom is -0.493 e. The second kappa shape index (κ2) is 10.9. The van der Waals surface area contributed by atoms with Crippen molar-refractivity contribution in [3.05, 3.63) is 23.8 Å². The molecule has 1 aromatic carbocycles. The Kier molecular flexibility index (Phi) is 7.87. The summed E-state index contributed by atoms with van der Waals surface area (Å²) in [5.74, 6) is 1.65. The zero-order valence-electron chi connectivity index (χ0n) is 21.3. The van der Waals surface area contributed by atoms with Crippen LogP contribution in [0.25, 0.3) is 0 Å². The van der Waals surface area contributed by atoms with E-state index in [0.29, 0.717) is 36.8 Å². The number of nitrogens with zero attached hydrogens (tertiary/aromatic N) is 2. The number of rotatable bonds is 8. The molecule has 1 atom stereocenters. The Morgan fingerprint density at radius 2 is 1.83 bits per heavy atom. The molecule has 1 aromatic rings. The number of benzene rings is 1. The number of amides is 4. The molecule has 8 heteroatoms. The maximum Gasteiger partial charge on any atom is 0.325 e. The van der Waals surface area contributed by atoms with Crippen LogP contribution >= 0.6 is 0 Å². The minimum absolute atomic E-state index is 0.0964. The largest absolute Gasteiger partial charge is 0.493 e. The Balaban J connectivity index is 1.38. The lowest BCUT2D eigenvalue weighted by Gasteiger charge is -2.37. The van der Waals surface area contributed by atoms with Gasteiger partial charge in [-0.05, 0) is 81.4 Å². The molecule has 3 aliphatic rings. The van der Waals surface area contributed by atoms with E-state index in [1.54, 1.807) is 14.2 Å². The minimum atomic E-state index is -0.808. The highest BCUT2D eigenvalue weighted by Crippen LogP contribution is 2.38. The van der Waals surface area contributed by atoms with Crippen LogP contribution in [-0.4, -0.2) is 66.5 Å². The molecule has 1 aliphatic carbocycles. The summed E-state index contributed by atoms with van der Waals surface area (Å²) in [5, 5.41) is 2.94.